The Hall–Kier alpha value is -4.70. The summed E-state index contributed by atoms with van der Waals surface area (Å²) in [5.41, 5.74) is 2.50. The molecule has 1 fully saturated rings. The third kappa shape index (κ3) is 8.60. The number of carbonyl (C=O) groups is 2. The Morgan fingerprint density at radius 3 is 2.17 bits per heavy atom. The third-order valence-electron chi connectivity index (χ3n) is 8.73. The summed E-state index contributed by atoms with van der Waals surface area (Å²) < 4.78 is 49.1. The average Bonchev–Trinajstić information content (AvgIpc) is 3.10. The first-order valence-corrected chi connectivity index (χ1v) is 17.7. The minimum Gasteiger partial charge on any atom is -0.495 e. The topological polar surface area (TPSA) is 96.0 Å². The largest absolute Gasteiger partial charge is 0.495 e. The molecule has 252 valence electrons. The van der Waals surface area contributed by atoms with Gasteiger partial charge in [-0.05, 0) is 67.3 Å². The molecule has 0 spiro atoms. The van der Waals surface area contributed by atoms with E-state index in [1.54, 1.807) is 48.5 Å². The number of halogens is 1. The number of amides is 2. The van der Waals surface area contributed by atoms with Crippen molar-refractivity contribution in [3.63, 3.8) is 0 Å². The van der Waals surface area contributed by atoms with E-state index in [4.69, 9.17) is 4.74 Å². The van der Waals surface area contributed by atoms with Crippen molar-refractivity contribution in [3.8, 4) is 5.75 Å². The summed E-state index contributed by atoms with van der Waals surface area (Å²) in [6.45, 7) is 1.20. The molecule has 2 amide bonds. The smallest absolute Gasteiger partial charge is 0.264 e. The number of hydrogen-bond donors (Lipinski definition) is 1. The van der Waals surface area contributed by atoms with E-state index in [1.165, 1.54) is 36.3 Å². The lowest BCUT2D eigenvalue weighted by Crippen LogP contribution is -2.55. The fraction of sp³-hybridized carbons (Fsp3) is 0.316. The molecule has 4 aromatic carbocycles. The average molecular weight is 672 g/mol. The van der Waals surface area contributed by atoms with E-state index in [9.17, 15) is 22.4 Å². The number of benzene rings is 4. The number of aryl methyl sites for hydroxylation is 1. The van der Waals surface area contributed by atoms with Crippen molar-refractivity contribution in [2.45, 2.75) is 69.0 Å². The van der Waals surface area contributed by atoms with Crippen molar-refractivity contribution in [3.05, 3.63) is 126 Å². The molecule has 1 aliphatic rings. The van der Waals surface area contributed by atoms with Gasteiger partial charge in [0, 0.05) is 19.0 Å². The van der Waals surface area contributed by atoms with Crippen LogP contribution in [0.2, 0.25) is 0 Å². The predicted molar refractivity (Wildman–Crippen MR) is 185 cm³/mol. The summed E-state index contributed by atoms with van der Waals surface area (Å²) in [5, 5.41) is 3.19. The Labute approximate surface area is 282 Å². The van der Waals surface area contributed by atoms with E-state index < -0.39 is 34.3 Å². The quantitative estimate of drug-likeness (QED) is 0.177. The second-order valence-electron chi connectivity index (χ2n) is 12.2. The first-order chi connectivity index (χ1) is 23.2. The zero-order chi connectivity index (χ0) is 34.1. The summed E-state index contributed by atoms with van der Waals surface area (Å²) in [7, 11) is -2.85. The summed E-state index contributed by atoms with van der Waals surface area (Å²) in [6.07, 6.45) is 5.04. The van der Waals surface area contributed by atoms with E-state index >= 15 is 0 Å². The van der Waals surface area contributed by atoms with Gasteiger partial charge >= 0.3 is 0 Å². The van der Waals surface area contributed by atoms with Crippen molar-refractivity contribution in [2.75, 3.05) is 18.0 Å². The maximum Gasteiger partial charge on any atom is 0.264 e. The highest BCUT2D eigenvalue weighted by atomic mass is 32.2. The molecule has 0 heterocycles. The summed E-state index contributed by atoms with van der Waals surface area (Å²) >= 11 is 0. The molecule has 0 aromatic heterocycles. The number of ether oxygens (including phenoxy) is 1. The summed E-state index contributed by atoms with van der Waals surface area (Å²) in [4.78, 5) is 30.3. The van der Waals surface area contributed by atoms with E-state index in [-0.39, 0.29) is 41.2 Å². The molecule has 4 aromatic rings. The van der Waals surface area contributed by atoms with Gasteiger partial charge in [0.2, 0.25) is 11.8 Å². The highest BCUT2D eigenvalue weighted by Crippen LogP contribution is 2.33. The van der Waals surface area contributed by atoms with Gasteiger partial charge in [-0.1, -0.05) is 91.6 Å². The molecule has 1 aliphatic carbocycles. The lowest BCUT2D eigenvalue weighted by Gasteiger charge is -2.35. The van der Waals surface area contributed by atoms with Gasteiger partial charge in [-0.2, -0.15) is 0 Å². The van der Waals surface area contributed by atoms with Gasteiger partial charge in [-0.15, -0.1) is 0 Å². The van der Waals surface area contributed by atoms with Crippen LogP contribution < -0.4 is 14.4 Å². The summed E-state index contributed by atoms with van der Waals surface area (Å²) in [6, 6.07) is 27.1. The normalized spacial score (nSPS) is 14.1. The molecule has 1 N–H and O–H groups in total. The lowest BCUT2D eigenvalue weighted by molar-refractivity contribution is -0.140. The number of nitrogens with zero attached hydrogens (tertiary/aromatic N) is 2. The van der Waals surface area contributed by atoms with Crippen LogP contribution in [-0.4, -0.2) is 50.9 Å². The molecule has 0 unspecified atom stereocenters. The number of methoxy groups -OCH3 is 1. The Morgan fingerprint density at radius 1 is 0.854 bits per heavy atom. The minimum absolute atomic E-state index is 0.00719. The molecule has 0 aliphatic heterocycles. The number of nitrogens with one attached hydrogen (secondary N) is 1. The molecule has 10 heteroatoms. The van der Waals surface area contributed by atoms with E-state index in [0.717, 1.165) is 47.5 Å². The highest BCUT2D eigenvalue weighted by Gasteiger charge is 2.36. The van der Waals surface area contributed by atoms with Crippen LogP contribution >= 0.6 is 0 Å². The summed E-state index contributed by atoms with van der Waals surface area (Å²) in [5.74, 6) is -1.08. The van der Waals surface area contributed by atoms with Crippen LogP contribution in [0.1, 0.15) is 48.8 Å². The molecule has 48 heavy (non-hydrogen) atoms. The fourth-order valence-corrected chi connectivity index (χ4v) is 7.50. The van der Waals surface area contributed by atoms with Crippen LogP contribution in [0.25, 0.3) is 0 Å². The number of anilines is 1. The number of hydrogen-bond acceptors (Lipinski definition) is 5. The van der Waals surface area contributed by atoms with Crippen molar-refractivity contribution >= 4 is 27.5 Å². The molecule has 0 saturated heterocycles. The lowest BCUT2D eigenvalue weighted by atomic mass is 9.94. The standard InChI is InChI=1S/C38H42FN3O5S/c1-28-17-23-33(24-18-28)48(45,46)42(34-15-9-10-16-36(34)47-2)27-37(43)41(26-30-19-21-31(39)22-20-30)35(25-29-11-5-3-6-12-29)38(44)40-32-13-7-4-8-14-32/h3,5-6,9-12,15-24,32,35H,4,7-8,13-14,25-27H2,1-2H3,(H,40,44)/t35-/m0/s1. The molecule has 1 saturated carbocycles. The van der Waals surface area contributed by atoms with Gasteiger partial charge in [-0.25, -0.2) is 12.8 Å². The van der Waals surface area contributed by atoms with Crippen LogP contribution in [0.15, 0.2) is 108 Å². The Kier molecular flexibility index (Phi) is 11.5. The molecule has 8 nitrogen and oxygen atoms in total. The minimum atomic E-state index is -4.28. The van der Waals surface area contributed by atoms with Gasteiger partial charge < -0.3 is 15.0 Å². The SMILES string of the molecule is COc1ccccc1N(CC(=O)N(Cc1ccc(F)cc1)[C@@H](Cc1ccccc1)C(=O)NC1CCCCC1)S(=O)(=O)c1ccc(C)cc1. The maximum atomic E-state index is 14.7. The van der Waals surface area contributed by atoms with Crippen LogP contribution in [0, 0.1) is 12.7 Å². The van der Waals surface area contributed by atoms with E-state index in [2.05, 4.69) is 5.32 Å². The first-order valence-electron chi connectivity index (χ1n) is 16.3. The Morgan fingerprint density at radius 2 is 1.50 bits per heavy atom. The van der Waals surface area contributed by atoms with Crippen LogP contribution in [0.4, 0.5) is 10.1 Å². The monoisotopic (exact) mass is 671 g/mol. The Balaban J connectivity index is 1.58. The van der Waals surface area contributed by atoms with Crippen molar-refractivity contribution in [1.29, 1.82) is 0 Å². The molecule has 0 radical (unpaired) electrons. The van der Waals surface area contributed by atoms with Crippen LogP contribution in [0.5, 0.6) is 5.75 Å². The van der Waals surface area contributed by atoms with Gasteiger partial charge in [0.15, 0.2) is 0 Å². The van der Waals surface area contributed by atoms with Gasteiger partial charge in [-0.3, -0.25) is 13.9 Å². The molecular weight excluding hydrogens is 629 g/mol. The first kappa shape index (κ1) is 34.6. The van der Waals surface area contributed by atoms with Crippen LogP contribution in [0.3, 0.4) is 0 Å². The van der Waals surface area contributed by atoms with E-state index in [1.807, 2.05) is 37.3 Å². The highest BCUT2D eigenvalue weighted by molar-refractivity contribution is 7.92. The molecule has 5 rings (SSSR count). The predicted octanol–water partition coefficient (Wildman–Crippen LogP) is 6.43. The fourth-order valence-electron chi connectivity index (χ4n) is 6.07. The number of sulfonamides is 1. The maximum absolute atomic E-state index is 14.7. The van der Waals surface area contributed by atoms with Gasteiger partial charge in [0.05, 0.1) is 17.7 Å². The zero-order valence-electron chi connectivity index (χ0n) is 27.3. The van der Waals surface area contributed by atoms with Crippen molar-refractivity contribution in [1.82, 2.24) is 10.2 Å². The van der Waals surface area contributed by atoms with Crippen LogP contribution in [-0.2, 0) is 32.6 Å². The molecular formula is C38H42FN3O5S. The number of carbonyl (C=O) groups excluding carboxylic acids is 2. The zero-order valence-corrected chi connectivity index (χ0v) is 28.2. The third-order valence-corrected chi connectivity index (χ3v) is 10.5. The van der Waals surface area contributed by atoms with Gasteiger partial charge in [0.1, 0.15) is 24.2 Å². The number of para-hydroxylation sites is 2. The van der Waals surface area contributed by atoms with E-state index in [0.29, 0.717) is 5.56 Å². The second-order valence-corrected chi connectivity index (χ2v) is 14.1. The van der Waals surface area contributed by atoms with Crippen molar-refractivity contribution in [2.24, 2.45) is 0 Å². The Bertz CT molecular complexity index is 1780. The molecule has 1 atom stereocenters. The van der Waals surface area contributed by atoms with Crippen molar-refractivity contribution < 1.29 is 27.1 Å². The number of rotatable bonds is 13. The molecule has 0 bridgehead atoms. The van der Waals surface area contributed by atoms with Gasteiger partial charge in [0.25, 0.3) is 10.0 Å². The second kappa shape index (κ2) is 15.9.